The summed E-state index contributed by atoms with van der Waals surface area (Å²) in [6.07, 6.45) is 3.30. The van der Waals surface area contributed by atoms with Gasteiger partial charge in [-0.25, -0.2) is 10.9 Å². The summed E-state index contributed by atoms with van der Waals surface area (Å²) in [7, 11) is 0. The monoisotopic (exact) mass is 486 g/mol. The second kappa shape index (κ2) is 19.3. The highest BCUT2D eigenvalue weighted by atomic mass is 16.2. The van der Waals surface area contributed by atoms with Crippen molar-refractivity contribution in [3.8, 4) is 0 Å². The number of hydrogen-bond acceptors (Lipinski definition) is 10. The molecule has 0 spiro atoms. The van der Waals surface area contributed by atoms with Crippen LogP contribution in [0.2, 0.25) is 0 Å². The van der Waals surface area contributed by atoms with Crippen molar-refractivity contribution in [2.45, 2.75) is 19.5 Å². The van der Waals surface area contributed by atoms with E-state index in [1.165, 1.54) is 0 Å². The van der Waals surface area contributed by atoms with Gasteiger partial charge in [0.15, 0.2) is 0 Å². The molecule has 35 heavy (non-hydrogen) atoms. The summed E-state index contributed by atoms with van der Waals surface area (Å²) in [6.45, 7) is 7.16. The van der Waals surface area contributed by atoms with E-state index in [1.807, 2.05) is 36.4 Å². The van der Waals surface area contributed by atoms with Crippen molar-refractivity contribution in [2.24, 2.45) is 0 Å². The van der Waals surface area contributed by atoms with Gasteiger partial charge in [0.25, 0.3) is 0 Å². The highest BCUT2D eigenvalue weighted by Crippen LogP contribution is 1.91. The van der Waals surface area contributed by atoms with Crippen LogP contribution in [0.25, 0.3) is 0 Å². The van der Waals surface area contributed by atoms with Crippen LogP contribution in [0.15, 0.2) is 48.8 Å². The van der Waals surface area contributed by atoms with E-state index < -0.39 is 11.8 Å². The number of carbonyl (C=O) groups is 2. The van der Waals surface area contributed by atoms with Crippen molar-refractivity contribution in [1.82, 2.24) is 52.9 Å². The molecule has 2 heterocycles. The zero-order valence-corrected chi connectivity index (χ0v) is 20.1. The average molecular weight is 487 g/mol. The van der Waals surface area contributed by atoms with Gasteiger partial charge in [-0.05, 0) is 24.3 Å². The maximum atomic E-state index is 11.8. The normalized spacial score (nSPS) is 10.7. The lowest BCUT2D eigenvalue weighted by Crippen LogP contribution is -2.46. The summed E-state index contributed by atoms with van der Waals surface area (Å²) in [5.41, 5.74) is 12.7. The quantitative estimate of drug-likeness (QED) is 0.0608. The number of aromatic nitrogens is 2. The van der Waals surface area contributed by atoms with Gasteiger partial charge < -0.3 is 21.3 Å². The van der Waals surface area contributed by atoms with E-state index in [9.17, 15) is 9.59 Å². The van der Waals surface area contributed by atoms with Crippen molar-refractivity contribution < 1.29 is 9.59 Å². The first-order chi connectivity index (χ1) is 17.2. The number of pyridine rings is 2. The third-order valence-corrected chi connectivity index (χ3v) is 4.65. The van der Waals surface area contributed by atoms with E-state index in [1.54, 1.807) is 12.4 Å². The van der Waals surface area contributed by atoms with E-state index in [-0.39, 0.29) is 6.42 Å². The molecule has 0 aromatic carbocycles. The molecule has 0 atom stereocenters. The van der Waals surface area contributed by atoms with Gasteiger partial charge in [0.05, 0.1) is 11.4 Å². The van der Waals surface area contributed by atoms with Crippen LogP contribution in [-0.2, 0) is 22.7 Å². The maximum Gasteiger partial charge on any atom is 0.243 e. The third-order valence-electron chi connectivity index (χ3n) is 4.65. The van der Waals surface area contributed by atoms with Gasteiger partial charge in [0.2, 0.25) is 11.8 Å². The molecular weight excluding hydrogens is 448 g/mol. The lowest BCUT2D eigenvalue weighted by molar-refractivity contribution is -0.130. The number of nitrogens with zero attached hydrogens (tertiary/aromatic N) is 2. The van der Waals surface area contributed by atoms with E-state index in [2.05, 4.69) is 52.9 Å². The van der Waals surface area contributed by atoms with Gasteiger partial charge in [-0.1, -0.05) is 12.1 Å². The second-order valence-electron chi connectivity index (χ2n) is 7.62. The molecule has 0 radical (unpaired) electrons. The molecule has 0 aliphatic heterocycles. The Balaban J connectivity index is 1.30. The molecule has 8 N–H and O–H groups in total. The molecule has 0 fully saturated rings. The molecule has 2 aromatic heterocycles. The van der Waals surface area contributed by atoms with Crippen molar-refractivity contribution in [2.75, 3.05) is 52.4 Å². The fourth-order valence-electron chi connectivity index (χ4n) is 2.90. The Labute approximate surface area is 206 Å². The van der Waals surface area contributed by atoms with Crippen LogP contribution >= 0.6 is 0 Å². The molecule has 0 unspecified atom stereocenters. The van der Waals surface area contributed by atoms with Crippen LogP contribution < -0.4 is 43.0 Å². The smallest absolute Gasteiger partial charge is 0.243 e. The Bertz CT molecular complexity index is 743. The Morgan fingerprint density at radius 2 is 1.00 bits per heavy atom. The van der Waals surface area contributed by atoms with E-state index in [0.717, 1.165) is 50.7 Å². The molecule has 2 rings (SSSR count). The van der Waals surface area contributed by atoms with Gasteiger partial charge in [-0.2, -0.15) is 0 Å². The molecule has 0 aliphatic carbocycles. The molecule has 0 saturated heterocycles. The van der Waals surface area contributed by atoms with Gasteiger partial charge in [0, 0.05) is 77.8 Å². The van der Waals surface area contributed by atoms with Crippen molar-refractivity contribution in [1.29, 1.82) is 0 Å². The fourth-order valence-corrected chi connectivity index (χ4v) is 2.90. The predicted molar refractivity (Wildman–Crippen MR) is 135 cm³/mol. The minimum atomic E-state index is -0.390. The van der Waals surface area contributed by atoms with E-state index in [0.29, 0.717) is 26.2 Å². The molecule has 0 saturated carbocycles. The average Bonchev–Trinajstić information content (AvgIpc) is 2.88. The van der Waals surface area contributed by atoms with Gasteiger partial charge in [-0.15, -0.1) is 0 Å². The summed E-state index contributed by atoms with van der Waals surface area (Å²) in [5.74, 6) is -0.781. The Kier molecular flexibility index (Phi) is 15.6. The first-order valence-electron chi connectivity index (χ1n) is 11.9. The van der Waals surface area contributed by atoms with Crippen molar-refractivity contribution >= 4 is 11.8 Å². The number of carbonyl (C=O) groups excluding carboxylic acids is 2. The number of rotatable bonds is 20. The Morgan fingerprint density at radius 1 is 0.571 bits per heavy atom. The van der Waals surface area contributed by atoms with E-state index >= 15 is 0 Å². The highest BCUT2D eigenvalue weighted by Gasteiger charge is 2.07. The van der Waals surface area contributed by atoms with Gasteiger partial charge >= 0.3 is 0 Å². The summed E-state index contributed by atoms with van der Waals surface area (Å²) in [6, 6.07) is 11.7. The Morgan fingerprint density at radius 3 is 1.43 bits per heavy atom. The maximum absolute atomic E-state index is 11.8. The van der Waals surface area contributed by atoms with Crippen molar-refractivity contribution in [3.05, 3.63) is 60.2 Å². The van der Waals surface area contributed by atoms with Crippen LogP contribution in [0.3, 0.4) is 0 Å². The van der Waals surface area contributed by atoms with E-state index in [4.69, 9.17) is 0 Å². The summed E-state index contributed by atoms with van der Waals surface area (Å²) in [5, 5.41) is 13.1. The number of hydrazine groups is 2. The zero-order chi connectivity index (χ0) is 24.8. The lowest BCUT2D eigenvalue weighted by atomic mass is 10.3. The fraction of sp³-hybridized carbons (Fsp3) is 0.478. The minimum Gasteiger partial charge on any atom is -0.314 e. The SMILES string of the molecule is O=C(CC(=O)NNCCNCCNCc1ccccn1)NNCCNCCNCc1ccccn1. The van der Waals surface area contributed by atoms with Crippen molar-refractivity contribution in [3.63, 3.8) is 0 Å². The standard InChI is InChI=1S/C23H38N10O2/c34-22(32-30-15-13-24-9-11-26-18-20-5-1-3-7-28-20)17-23(35)33-31-16-14-25-10-12-27-19-21-6-2-4-8-29-21/h1-8,24-27,30-31H,9-19H2,(H,32,34)(H,33,35). The van der Waals surface area contributed by atoms with Crippen LogP contribution in [0, 0.1) is 0 Å². The number of hydrogen-bond donors (Lipinski definition) is 8. The molecule has 2 amide bonds. The summed E-state index contributed by atoms with van der Waals surface area (Å²) < 4.78 is 0. The number of amides is 2. The van der Waals surface area contributed by atoms with Crippen LogP contribution in [0.5, 0.6) is 0 Å². The topological polar surface area (TPSA) is 156 Å². The second-order valence-corrected chi connectivity index (χ2v) is 7.62. The first kappa shape index (κ1) is 28.2. The van der Waals surface area contributed by atoms with Gasteiger partial charge in [-0.3, -0.25) is 30.4 Å². The highest BCUT2D eigenvalue weighted by molar-refractivity contribution is 5.96. The largest absolute Gasteiger partial charge is 0.314 e. The molecule has 12 heteroatoms. The minimum absolute atomic E-state index is 0.254. The van der Waals surface area contributed by atoms with Crippen LogP contribution in [0.4, 0.5) is 0 Å². The molecule has 192 valence electrons. The van der Waals surface area contributed by atoms with Crippen LogP contribution in [0.1, 0.15) is 17.8 Å². The van der Waals surface area contributed by atoms with Crippen LogP contribution in [-0.4, -0.2) is 74.1 Å². The third kappa shape index (κ3) is 15.5. The molecular formula is C23H38N10O2. The predicted octanol–water partition coefficient (Wildman–Crippen LogP) is -1.83. The summed E-state index contributed by atoms with van der Waals surface area (Å²) in [4.78, 5) is 32.1. The molecule has 0 bridgehead atoms. The molecule has 0 aliphatic rings. The molecule has 2 aromatic rings. The zero-order valence-electron chi connectivity index (χ0n) is 20.1. The van der Waals surface area contributed by atoms with Gasteiger partial charge in [0.1, 0.15) is 6.42 Å². The summed E-state index contributed by atoms with van der Waals surface area (Å²) >= 11 is 0. The first-order valence-corrected chi connectivity index (χ1v) is 11.9. The molecule has 12 nitrogen and oxygen atoms in total. The number of nitrogens with one attached hydrogen (secondary N) is 8. The lowest BCUT2D eigenvalue weighted by Gasteiger charge is -2.10. The Hall–Kier alpha value is -3.00.